The van der Waals surface area contributed by atoms with E-state index in [0.29, 0.717) is 5.02 Å². The number of benzene rings is 1. The van der Waals surface area contributed by atoms with E-state index >= 15 is 0 Å². The Labute approximate surface area is 162 Å². The largest absolute Gasteiger partial charge is 0.480 e. The van der Waals surface area contributed by atoms with Crippen LogP contribution >= 0.6 is 11.6 Å². The molecule has 0 radical (unpaired) electrons. The van der Waals surface area contributed by atoms with Crippen molar-refractivity contribution in [2.75, 3.05) is 32.7 Å². The lowest BCUT2D eigenvalue weighted by Crippen LogP contribution is -2.63. The zero-order valence-electron chi connectivity index (χ0n) is 16.2. The van der Waals surface area contributed by atoms with Gasteiger partial charge in [0.15, 0.2) is 0 Å². The first-order valence-electron chi connectivity index (χ1n) is 9.67. The van der Waals surface area contributed by atoms with Crippen molar-refractivity contribution < 1.29 is 9.90 Å². The number of hydrogen-bond acceptors (Lipinski definition) is 3. The highest BCUT2D eigenvalue weighted by atomic mass is 35.5. The van der Waals surface area contributed by atoms with Crippen molar-refractivity contribution in [1.82, 2.24) is 9.80 Å². The van der Waals surface area contributed by atoms with E-state index in [1.54, 1.807) is 31.2 Å². The lowest BCUT2D eigenvalue weighted by atomic mass is 9.77. The Morgan fingerprint density at radius 2 is 1.62 bits per heavy atom. The molecule has 1 N–H and O–H groups in total. The molecular weight excluding hydrogens is 348 g/mol. The highest BCUT2D eigenvalue weighted by Crippen LogP contribution is 2.40. The molecule has 4 saturated heterocycles. The van der Waals surface area contributed by atoms with Crippen LogP contribution < -0.4 is 0 Å². The van der Waals surface area contributed by atoms with Crippen LogP contribution in [0.5, 0.6) is 0 Å². The number of likely N-dealkylation sites (tertiary alicyclic amines) is 1. The van der Waals surface area contributed by atoms with Crippen LogP contribution in [0.1, 0.15) is 45.6 Å². The van der Waals surface area contributed by atoms with Gasteiger partial charge in [-0.15, -0.1) is 0 Å². The normalized spacial score (nSPS) is 29.1. The van der Waals surface area contributed by atoms with Gasteiger partial charge in [-0.05, 0) is 74.8 Å². The van der Waals surface area contributed by atoms with Crippen molar-refractivity contribution in [2.24, 2.45) is 11.3 Å². The zero-order valence-corrected chi connectivity index (χ0v) is 16.9. The van der Waals surface area contributed by atoms with E-state index in [1.165, 1.54) is 38.9 Å². The third kappa shape index (κ3) is 4.08. The molecule has 5 rings (SSSR count). The number of hydrogen-bond donors (Lipinski definition) is 1. The van der Waals surface area contributed by atoms with Gasteiger partial charge >= 0.3 is 5.97 Å². The second kappa shape index (κ2) is 7.49. The number of carboxylic acid groups (broad SMARTS) is 1. The fourth-order valence-corrected chi connectivity index (χ4v) is 4.51. The average molecular weight is 379 g/mol. The minimum Gasteiger partial charge on any atom is -0.480 e. The number of halogens is 1. The van der Waals surface area contributed by atoms with E-state index in [4.69, 9.17) is 11.6 Å². The fourth-order valence-electron chi connectivity index (χ4n) is 4.38. The highest BCUT2D eigenvalue weighted by Gasteiger charge is 2.49. The Morgan fingerprint density at radius 3 is 1.92 bits per heavy atom. The van der Waals surface area contributed by atoms with E-state index in [2.05, 4.69) is 18.7 Å². The summed E-state index contributed by atoms with van der Waals surface area (Å²) in [6.07, 6.45) is 4.46. The van der Waals surface area contributed by atoms with Crippen molar-refractivity contribution in [3.05, 3.63) is 34.9 Å². The number of carboxylic acids is 1. The van der Waals surface area contributed by atoms with Crippen LogP contribution in [0.25, 0.3) is 0 Å². The number of piperidine rings is 3. The lowest BCUT2D eigenvalue weighted by Gasteiger charge is -2.53. The maximum Gasteiger partial charge on any atom is 0.328 e. The molecule has 1 aromatic carbocycles. The van der Waals surface area contributed by atoms with Crippen LogP contribution in [0, 0.1) is 11.3 Å². The third-order valence-corrected chi connectivity index (χ3v) is 6.51. The molecule has 5 heteroatoms. The van der Waals surface area contributed by atoms with Gasteiger partial charge in [0, 0.05) is 18.1 Å². The maximum atomic E-state index is 11.7. The third-order valence-electron chi connectivity index (χ3n) is 6.25. The Bertz CT molecular complexity index is 607. The SMILES string of the molecule is C1CN2CCC1CC2.CC1(C)CN(C(C)(C(=O)O)c2ccc(Cl)cc2)C1. The number of aliphatic carboxylic acids is 1. The van der Waals surface area contributed by atoms with Gasteiger partial charge in [-0.3, -0.25) is 4.90 Å². The van der Waals surface area contributed by atoms with Crippen LogP contribution in [-0.2, 0) is 10.3 Å². The summed E-state index contributed by atoms with van der Waals surface area (Å²) >= 11 is 5.85. The molecule has 4 aliphatic heterocycles. The van der Waals surface area contributed by atoms with Gasteiger partial charge in [-0.1, -0.05) is 37.6 Å². The Hall–Kier alpha value is -1.10. The Morgan fingerprint density at radius 1 is 1.12 bits per heavy atom. The van der Waals surface area contributed by atoms with Crippen LogP contribution in [0.15, 0.2) is 24.3 Å². The van der Waals surface area contributed by atoms with Crippen LogP contribution in [0.3, 0.4) is 0 Å². The number of nitrogens with zero attached hydrogens (tertiary/aromatic N) is 2. The summed E-state index contributed by atoms with van der Waals surface area (Å²) < 4.78 is 0. The van der Waals surface area contributed by atoms with Crippen LogP contribution in [0.2, 0.25) is 5.02 Å². The van der Waals surface area contributed by atoms with Crippen molar-refractivity contribution in [1.29, 1.82) is 0 Å². The first-order valence-corrected chi connectivity index (χ1v) is 10.1. The van der Waals surface area contributed by atoms with Gasteiger partial charge in [0.25, 0.3) is 0 Å². The molecule has 2 bridgehead atoms. The Balaban J connectivity index is 0.000000201. The summed E-state index contributed by atoms with van der Waals surface area (Å²) in [5.41, 5.74) is -0.00150. The highest BCUT2D eigenvalue weighted by molar-refractivity contribution is 6.30. The zero-order chi connectivity index (χ0) is 18.9. The quantitative estimate of drug-likeness (QED) is 0.860. The van der Waals surface area contributed by atoms with E-state index in [-0.39, 0.29) is 5.41 Å². The molecule has 0 aliphatic carbocycles. The van der Waals surface area contributed by atoms with Crippen molar-refractivity contribution in [2.45, 2.75) is 45.6 Å². The van der Waals surface area contributed by atoms with Gasteiger partial charge < -0.3 is 10.0 Å². The first kappa shape index (κ1) is 19.7. The minimum absolute atomic E-state index is 0.198. The second-order valence-electron chi connectivity index (χ2n) is 8.98. The van der Waals surface area contributed by atoms with E-state index < -0.39 is 11.5 Å². The van der Waals surface area contributed by atoms with Crippen molar-refractivity contribution in [3.8, 4) is 0 Å². The molecule has 1 unspecified atom stereocenters. The molecule has 0 aromatic heterocycles. The molecule has 0 spiro atoms. The predicted molar refractivity (Wildman–Crippen MR) is 106 cm³/mol. The molecule has 4 aliphatic rings. The van der Waals surface area contributed by atoms with Crippen LogP contribution in [0.4, 0.5) is 0 Å². The van der Waals surface area contributed by atoms with E-state index in [0.717, 1.165) is 24.6 Å². The summed E-state index contributed by atoms with van der Waals surface area (Å²) in [4.78, 5) is 16.3. The number of carbonyl (C=O) groups is 1. The fraction of sp³-hybridized carbons (Fsp3) is 0.667. The van der Waals surface area contributed by atoms with Crippen molar-refractivity contribution >= 4 is 17.6 Å². The van der Waals surface area contributed by atoms with E-state index in [1.807, 2.05) is 4.90 Å². The Kier molecular flexibility index (Phi) is 5.66. The van der Waals surface area contributed by atoms with Crippen LogP contribution in [-0.4, -0.2) is 53.6 Å². The molecule has 4 heterocycles. The molecule has 0 amide bonds. The molecule has 26 heavy (non-hydrogen) atoms. The summed E-state index contributed by atoms with van der Waals surface area (Å²) in [5, 5.41) is 10.2. The first-order chi connectivity index (χ1) is 12.2. The van der Waals surface area contributed by atoms with Gasteiger partial charge in [-0.2, -0.15) is 0 Å². The number of fused-ring (bicyclic) bond motifs is 3. The molecule has 1 aromatic rings. The monoisotopic (exact) mass is 378 g/mol. The van der Waals surface area contributed by atoms with E-state index in [9.17, 15) is 9.90 Å². The summed E-state index contributed by atoms with van der Waals surface area (Å²) in [6.45, 7) is 11.8. The molecular formula is C21H31ClN2O2. The molecule has 144 valence electrons. The maximum absolute atomic E-state index is 11.7. The smallest absolute Gasteiger partial charge is 0.328 e. The molecule has 4 nitrogen and oxygen atoms in total. The minimum atomic E-state index is -0.972. The standard InChI is InChI=1S/C14H18ClNO2.C7H13N/c1-13(2)8-16(9-13)14(3,12(17)18)10-4-6-11(15)7-5-10;1-4-8-5-2-7(1)3-6-8/h4-7H,8-9H2,1-3H3,(H,17,18);7H,1-6H2. The summed E-state index contributed by atoms with van der Waals surface area (Å²) in [7, 11) is 0. The second-order valence-corrected chi connectivity index (χ2v) is 9.41. The topological polar surface area (TPSA) is 43.8 Å². The molecule has 0 saturated carbocycles. The lowest BCUT2D eigenvalue weighted by molar-refractivity contribution is -0.160. The van der Waals surface area contributed by atoms with Gasteiger partial charge in [0.2, 0.25) is 0 Å². The number of rotatable bonds is 3. The van der Waals surface area contributed by atoms with Gasteiger partial charge in [0.05, 0.1) is 0 Å². The summed E-state index contributed by atoms with van der Waals surface area (Å²) in [6, 6.07) is 7.07. The molecule has 1 atom stereocenters. The molecule has 4 fully saturated rings. The van der Waals surface area contributed by atoms with Gasteiger partial charge in [-0.25, -0.2) is 4.79 Å². The van der Waals surface area contributed by atoms with Gasteiger partial charge in [0.1, 0.15) is 5.54 Å². The average Bonchev–Trinajstić information content (AvgIpc) is 2.61. The summed E-state index contributed by atoms with van der Waals surface area (Å²) in [5.74, 6) is 0.292. The predicted octanol–water partition coefficient (Wildman–Crippen LogP) is 4.08. The van der Waals surface area contributed by atoms with Crippen molar-refractivity contribution in [3.63, 3.8) is 0 Å².